The fourth-order valence-corrected chi connectivity index (χ4v) is 9.75. The molecule has 0 amide bonds. The number of alkyl halides is 6. The largest absolute Gasteiger partial charge is 0.425 e. The van der Waals surface area contributed by atoms with Crippen LogP contribution in [0.5, 0.6) is 0 Å². The standard InChI is InChI=1S/C29H25F4N3O3.C26H21F4N3O3/c1-27(2)38-17-22(39-27)15-35-16-24(23-5-3-4-6-25(23)35)28(37,29(31,32)33)19-11-12-36-21(13-19)14-34-26(36)18-7-9-20(30)10-8-18;27-18-7-5-16(6-8-18)24-31-12-19-11-17(9-10-33(19)24)25(36,26(28,29)30)22-14-32(13-20(35)15-34)23-4-2-1-3-21(22)23/h3-14,16,22,37H,15,17H2,1-2H3;1-12,14,20,34-36H,13,15H2. The van der Waals surface area contributed by atoms with Crippen LogP contribution in [0.15, 0.2) is 159 Å². The Hall–Kier alpha value is -7.46. The van der Waals surface area contributed by atoms with Gasteiger partial charge in [-0.1, -0.05) is 36.4 Å². The minimum Gasteiger partial charge on any atom is -0.394 e. The third kappa shape index (κ3) is 9.20. The minimum absolute atomic E-state index is 0.155. The normalized spacial score (nSPS) is 17.1. The fraction of sp³-hybridized carbons (Fsp3) is 0.236. The highest BCUT2D eigenvalue weighted by Gasteiger charge is 2.59. The van der Waals surface area contributed by atoms with Crippen LogP contribution in [-0.4, -0.2) is 91.9 Å². The molecule has 10 aromatic rings. The number of aliphatic hydroxyl groups excluding tert-OH is 2. The first kappa shape index (κ1) is 51.0. The van der Waals surface area contributed by atoms with Crippen molar-refractivity contribution < 1.29 is 65.0 Å². The van der Waals surface area contributed by atoms with Gasteiger partial charge in [0.05, 0.1) is 55.8 Å². The molecule has 0 radical (unpaired) electrons. The van der Waals surface area contributed by atoms with Gasteiger partial charge in [0.2, 0.25) is 11.2 Å². The summed E-state index contributed by atoms with van der Waals surface area (Å²) in [5.41, 5.74) is -5.44. The van der Waals surface area contributed by atoms with Crippen LogP contribution in [0.1, 0.15) is 36.1 Å². The summed E-state index contributed by atoms with van der Waals surface area (Å²) in [6.45, 7) is 3.38. The monoisotopic (exact) mass is 1040 g/mol. The number of pyridine rings is 2. The lowest BCUT2D eigenvalue weighted by molar-refractivity contribution is -0.248. The maximum absolute atomic E-state index is 14.9. The molecule has 4 N–H and O–H groups in total. The Kier molecular flexibility index (Phi) is 13.0. The number of nitrogens with zero attached hydrogens (tertiary/aromatic N) is 6. The Labute approximate surface area is 421 Å². The minimum atomic E-state index is -5.10. The molecule has 0 spiro atoms. The zero-order valence-corrected chi connectivity index (χ0v) is 39.8. The highest BCUT2D eigenvalue weighted by Crippen LogP contribution is 2.49. The zero-order valence-electron chi connectivity index (χ0n) is 39.8. The van der Waals surface area contributed by atoms with Crippen molar-refractivity contribution in [1.29, 1.82) is 0 Å². The number of fused-ring (bicyclic) bond motifs is 4. The van der Waals surface area contributed by atoms with Crippen LogP contribution >= 0.6 is 0 Å². The van der Waals surface area contributed by atoms with Gasteiger partial charge in [-0.15, -0.1) is 0 Å². The van der Waals surface area contributed by atoms with Crippen molar-refractivity contribution in [3.05, 3.63) is 192 Å². The van der Waals surface area contributed by atoms with Crippen LogP contribution in [0.3, 0.4) is 0 Å². The first-order chi connectivity index (χ1) is 35.6. The number of aromatic nitrogens is 6. The quantitative estimate of drug-likeness (QED) is 0.0938. The molecule has 20 heteroatoms. The SMILES string of the molecule is CC1(C)OCC(Cn2cc(C(O)(c3ccn4c(-c5ccc(F)cc5)ncc4c3)C(F)(F)F)c3ccccc32)O1.OCC(O)Cn1cc(C(O)(c2ccn3c(-c4ccc(F)cc4)ncc3c2)C(F)(F)F)c2ccccc21. The number of benzene rings is 4. The van der Waals surface area contributed by atoms with Gasteiger partial charge in [0.15, 0.2) is 5.79 Å². The molecule has 388 valence electrons. The topological polar surface area (TPSA) is 144 Å². The predicted octanol–water partition coefficient (Wildman–Crippen LogP) is 10.3. The third-order valence-corrected chi connectivity index (χ3v) is 13.4. The first-order valence-electron chi connectivity index (χ1n) is 23.4. The summed E-state index contributed by atoms with van der Waals surface area (Å²) >= 11 is 0. The van der Waals surface area contributed by atoms with Crippen LogP contribution < -0.4 is 0 Å². The number of imidazole rings is 2. The van der Waals surface area contributed by atoms with Crippen molar-refractivity contribution in [1.82, 2.24) is 27.9 Å². The Balaban J connectivity index is 0.000000172. The molecule has 75 heavy (non-hydrogen) atoms. The Morgan fingerprint density at radius 1 is 0.640 bits per heavy atom. The average molecular weight is 1040 g/mol. The summed E-state index contributed by atoms with van der Waals surface area (Å²) in [4.78, 5) is 8.60. The molecule has 11 rings (SSSR count). The first-order valence-corrected chi connectivity index (χ1v) is 23.4. The molecule has 0 saturated carbocycles. The zero-order chi connectivity index (χ0) is 53.2. The van der Waals surface area contributed by atoms with E-state index < -0.39 is 64.8 Å². The van der Waals surface area contributed by atoms with Gasteiger partial charge < -0.3 is 39.0 Å². The van der Waals surface area contributed by atoms with E-state index in [9.17, 15) is 55.5 Å². The Morgan fingerprint density at radius 3 is 1.51 bits per heavy atom. The summed E-state index contributed by atoms with van der Waals surface area (Å²) in [7, 11) is 0. The number of hydrogen-bond acceptors (Lipinski definition) is 8. The highest BCUT2D eigenvalue weighted by atomic mass is 19.4. The average Bonchev–Trinajstić information content (AvgIpc) is 4.23. The highest BCUT2D eigenvalue weighted by molar-refractivity contribution is 5.87. The Morgan fingerprint density at radius 2 is 1.08 bits per heavy atom. The van der Waals surface area contributed by atoms with Crippen molar-refractivity contribution in [3.8, 4) is 22.8 Å². The molecule has 1 aliphatic rings. The summed E-state index contributed by atoms with van der Waals surface area (Å²) in [6.07, 6.45) is -3.61. The molecule has 1 aliphatic heterocycles. The van der Waals surface area contributed by atoms with Gasteiger partial charge in [-0.2, -0.15) is 26.3 Å². The molecule has 6 aromatic heterocycles. The number of halogens is 8. The van der Waals surface area contributed by atoms with E-state index in [2.05, 4.69) is 9.97 Å². The second-order valence-electron chi connectivity index (χ2n) is 18.7. The molecule has 4 aromatic carbocycles. The molecular weight excluding hydrogens is 993 g/mol. The van der Waals surface area contributed by atoms with Crippen LogP contribution in [0.4, 0.5) is 35.1 Å². The van der Waals surface area contributed by atoms with E-state index in [0.717, 1.165) is 6.20 Å². The van der Waals surface area contributed by atoms with Crippen LogP contribution in [-0.2, 0) is 33.8 Å². The van der Waals surface area contributed by atoms with E-state index in [1.165, 1.54) is 102 Å². The molecular formula is C55H46F8N6O6. The molecule has 4 unspecified atom stereocenters. The van der Waals surface area contributed by atoms with Gasteiger partial charge in [0.1, 0.15) is 29.4 Å². The van der Waals surface area contributed by atoms with Crippen LogP contribution in [0, 0.1) is 11.6 Å². The number of aliphatic hydroxyl groups is 4. The third-order valence-electron chi connectivity index (χ3n) is 13.4. The molecule has 4 atom stereocenters. The molecule has 1 saturated heterocycles. The van der Waals surface area contributed by atoms with E-state index in [4.69, 9.17) is 9.47 Å². The molecule has 12 nitrogen and oxygen atoms in total. The number of ether oxygens (including phenoxy) is 2. The Bertz CT molecular complexity index is 3700. The maximum atomic E-state index is 14.9. The smallest absolute Gasteiger partial charge is 0.394 e. The van der Waals surface area contributed by atoms with E-state index in [0.29, 0.717) is 51.4 Å². The van der Waals surface area contributed by atoms with Gasteiger partial charge in [-0.3, -0.25) is 8.80 Å². The number of para-hydroxylation sites is 2. The van der Waals surface area contributed by atoms with Gasteiger partial charge in [0, 0.05) is 80.0 Å². The van der Waals surface area contributed by atoms with Crippen molar-refractivity contribution >= 4 is 32.8 Å². The van der Waals surface area contributed by atoms with E-state index in [1.807, 2.05) is 0 Å². The lowest BCUT2D eigenvalue weighted by atomic mass is 9.85. The van der Waals surface area contributed by atoms with Crippen LogP contribution in [0.2, 0.25) is 0 Å². The van der Waals surface area contributed by atoms with Crippen molar-refractivity contribution in [2.24, 2.45) is 0 Å². The second kappa shape index (κ2) is 19.0. The molecule has 0 bridgehead atoms. The summed E-state index contributed by atoms with van der Waals surface area (Å²) in [5.74, 6) is -0.779. The van der Waals surface area contributed by atoms with Crippen molar-refractivity contribution in [3.63, 3.8) is 0 Å². The second-order valence-corrected chi connectivity index (χ2v) is 18.7. The van der Waals surface area contributed by atoms with Crippen molar-refractivity contribution in [2.75, 3.05) is 13.2 Å². The lowest BCUT2D eigenvalue weighted by Crippen LogP contribution is -2.43. The van der Waals surface area contributed by atoms with Gasteiger partial charge in [-0.25, -0.2) is 18.7 Å². The van der Waals surface area contributed by atoms with E-state index >= 15 is 0 Å². The molecule has 1 fully saturated rings. The molecule has 7 heterocycles. The summed E-state index contributed by atoms with van der Waals surface area (Å²) in [5, 5.41) is 42.5. The fourth-order valence-electron chi connectivity index (χ4n) is 9.75. The van der Waals surface area contributed by atoms with Crippen LogP contribution in [0.25, 0.3) is 55.6 Å². The van der Waals surface area contributed by atoms with Gasteiger partial charge in [0.25, 0.3) is 0 Å². The number of hydrogen-bond donors (Lipinski definition) is 4. The summed E-state index contributed by atoms with van der Waals surface area (Å²) in [6, 6.07) is 29.0. The maximum Gasteiger partial charge on any atom is 0.425 e. The van der Waals surface area contributed by atoms with Crippen molar-refractivity contribution in [2.45, 2.75) is 68.5 Å². The number of rotatable bonds is 11. The summed E-state index contributed by atoms with van der Waals surface area (Å²) < 4.78 is 133. The van der Waals surface area contributed by atoms with E-state index in [-0.39, 0.29) is 41.1 Å². The lowest BCUT2D eigenvalue weighted by Gasteiger charge is -2.31. The van der Waals surface area contributed by atoms with Gasteiger partial charge >= 0.3 is 12.4 Å². The van der Waals surface area contributed by atoms with E-state index in [1.54, 1.807) is 81.8 Å². The van der Waals surface area contributed by atoms with Gasteiger partial charge in [-0.05, 0) is 98.8 Å². The predicted molar refractivity (Wildman–Crippen MR) is 261 cm³/mol. The molecule has 0 aliphatic carbocycles.